The summed E-state index contributed by atoms with van der Waals surface area (Å²) < 4.78 is 69.9. The van der Waals surface area contributed by atoms with Gasteiger partial charge in [0.25, 0.3) is 0 Å². The Hall–Kier alpha value is -7.35. The highest BCUT2D eigenvalue weighted by atomic mass is 19.1. The van der Waals surface area contributed by atoms with Gasteiger partial charge in [0.1, 0.15) is 48.4 Å². The lowest BCUT2D eigenvalue weighted by atomic mass is 9.77. The Balaban J connectivity index is 1.02. The summed E-state index contributed by atoms with van der Waals surface area (Å²) in [6.45, 7) is 1.70. The molecule has 77 heavy (non-hydrogen) atoms. The smallest absolute Gasteiger partial charge is 0.233 e. The molecule has 8 aromatic rings. The molecular formula is C66H63F2NO8. The summed E-state index contributed by atoms with van der Waals surface area (Å²) in [6, 6.07) is 67.2. The highest BCUT2D eigenvalue weighted by Crippen LogP contribution is 2.49. The lowest BCUT2D eigenvalue weighted by molar-refractivity contribution is -0.272. The Morgan fingerprint density at radius 1 is 0.506 bits per heavy atom. The van der Waals surface area contributed by atoms with Gasteiger partial charge in [-0.2, -0.15) is 0 Å². The van der Waals surface area contributed by atoms with Crippen molar-refractivity contribution in [3.63, 3.8) is 0 Å². The molecular weight excluding hydrogens is 973 g/mol. The van der Waals surface area contributed by atoms with E-state index in [1.807, 2.05) is 170 Å². The standard InChI is InChI=1S/C66H63F2NO8/c67-53-29-27-52(28-30-53)58(70)37-36-57-62(69(66(57)71)55-33-31-54(68)32-34-55)56-35-26-51(38-59(56)73-41-47-18-8-2-9-19-47)39-60-63(74-42-48-20-10-3-11-21-48)65(76-44-50-24-14-5-15-25-50)64(75-43-49-22-12-4-13-23-49)61(77-60)45-72-40-46-16-6-1-7-17-46/h1-35,38,57-58,60-65,70H,36-37,39-45H2/t57-,58+,60+,61?,62-,63?,64+,65-/m1/s1. The minimum atomic E-state index is -0.927. The first-order chi connectivity index (χ1) is 37.8. The van der Waals surface area contributed by atoms with Gasteiger partial charge in [-0.3, -0.25) is 4.79 Å². The number of hydrogen-bond acceptors (Lipinski definition) is 8. The zero-order valence-corrected chi connectivity index (χ0v) is 42.8. The molecule has 1 amide bonds. The fraction of sp³-hybridized carbons (Fsp3) is 0.258. The molecule has 9 nitrogen and oxygen atoms in total. The third kappa shape index (κ3) is 13.8. The van der Waals surface area contributed by atoms with Gasteiger partial charge in [0.2, 0.25) is 5.91 Å². The molecule has 8 aromatic carbocycles. The Bertz CT molecular complexity index is 3070. The number of rotatable bonds is 24. The normalized spacial score (nSPS) is 20.6. The van der Waals surface area contributed by atoms with Gasteiger partial charge in [-0.1, -0.05) is 176 Å². The van der Waals surface area contributed by atoms with Crippen LogP contribution in [0.1, 0.15) is 69.5 Å². The van der Waals surface area contributed by atoms with Gasteiger partial charge in [0.15, 0.2) is 0 Å². The van der Waals surface area contributed by atoms with Crippen molar-refractivity contribution in [3.05, 3.63) is 275 Å². The summed E-state index contributed by atoms with van der Waals surface area (Å²) in [4.78, 5) is 16.0. The quantitative estimate of drug-likeness (QED) is 0.0598. The minimum absolute atomic E-state index is 0.161. The number of anilines is 1. The molecule has 11 heteroatoms. The van der Waals surface area contributed by atoms with Gasteiger partial charge >= 0.3 is 0 Å². The third-order valence-corrected chi connectivity index (χ3v) is 14.4. The number of amides is 1. The Morgan fingerprint density at radius 2 is 0.974 bits per heavy atom. The molecule has 2 saturated heterocycles. The molecule has 1 N–H and O–H groups in total. The van der Waals surface area contributed by atoms with Crippen LogP contribution in [0.25, 0.3) is 0 Å². The van der Waals surface area contributed by atoms with Gasteiger partial charge in [-0.05, 0) is 94.3 Å². The molecule has 2 aliphatic heterocycles. The number of β-lactam (4-membered cyclic amide) rings is 1. The van der Waals surface area contributed by atoms with Crippen LogP contribution in [0.15, 0.2) is 218 Å². The predicted molar refractivity (Wildman–Crippen MR) is 291 cm³/mol. The molecule has 0 bridgehead atoms. The van der Waals surface area contributed by atoms with Crippen molar-refractivity contribution in [1.29, 1.82) is 0 Å². The maximum absolute atomic E-state index is 14.4. The van der Waals surface area contributed by atoms with Crippen molar-refractivity contribution in [2.24, 2.45) is 5.92 Å². The first kappa shape index (κ1) is 53.1. The van der Waals surface area contributed by atoms with E-state index in [4.69, 9.17) is 28.4 Å². The molecule has 0 radical (unpaired) electrons. The van der Waals surface area contributed by atoms with E-state index >= 15 is 0 Å². The van der Waals surface area contributed by atoms with Crippen molar-refractivity contribution in [2.45, 2.75) is 95.0 Å². The zero-order valence-electron chi connectivity index (χ0n) is 42.8. The van der Waals surface area contributed by atoms with E-state index in [1.165, 1.54) is 24.3 Å². The molecule has 394 valence electrons. The van der Waals surface area contributed by atoms with Crippen molar-refractivity contribution in [2.75, 3.05) is 11.5 Å². The Labute approximate surface area is 449 Å². The summed E-state index contributed by atoms with van der Waals surface area (Å²) in [7, 11) is 0. The van der Waals surface area contributed by atoms with E-state index in [0.717, 1.165) is 38.9 Å². The largest absolute Gasteiger partial charge is 0.489 e. The number of carbonyl (C=O) groups is 1. The predicted octanol–water partition coefficient (Wildman–Crippen LogP) is 13.0. The molecule has 2 unspecified atom stereocenters. The number of hydrogen-bond donors (Lipinski definition) is 1. The second kappa shape index (κ2) is 26.1. The molecule has 0 spiro atoms. The van der Waals surface area contributed by atoms with Crippen LogP contribution in [-0.2, 0) is 67.9 Å². The van der Waals surface area contributed by atoms with Gasteiger partial charge in [-0.25, -0.2) is 8.78 Å². The maximum Gasteiger partial charge on any atom is 0.233 e. The molecule has 0 aromatic heterocycles. The average Bonchev–Trinajstić information content (AvgIpc) is 3.56. The fourth-order valence-electron chi connectivity index (χ4n) is 10.4. The van der Waals surface area contributed by atoms with Crippen LogP contribution in [0.5, 0.6) is 5.75 Å². The van der Waals surface area contributed by atoms with Crippen molar-refractivity contribution in [3.8, 4) is 5.75 Å². The molecule has 2 aliphatic rings. The SMILES string of the molecule is O=C1[C@H](CC[C@H](O)c2ccc(F)cc2)[C@@H](c2ccc(C[C@@H]3OC(COCc4ccccc4)[C@H](OCc4ccccc4)[C@H](OCc4ccccc4)C3OCc3ccccc3)cc2OCc2ccccc2)N1c1ccc(F)cc1. The first-order valence-corrected chi connectivity index (χ1v) is 26.4. The monoisotopic (exact) mass is 1040 g/mol. The molecule has 2 fully saturated rings. The fourth-order valence-corrected chi connectivity index (χ4v) is 10.4. The number of halogens is 2. The average molecular weight is 1040 g/mol. The second-order valence-corrected chi connectivity index (χ2v) is 19.7. The van der Waals surface area contributed by atoms with Crippen molar-refractivity contribution in [1.82, 2.24) is 0 Å². The van der Waals surface area contributed by atoms with E-state index in [-0.39, 0.29) is 32.1 Å². The van der Waals surface area contributed by atoms with Crippen LogP contribution in [0, 0.1) is 17.6 Å². The first-order valence-electron chi connectivity index (χ1n) is 26.4. The van der Waals surface area contributed by atoms with Gasteiger partial charge in [0.05, 0.1) is 57.2 Å². The molecule has 2 heterocycles. The summed E-state index contributed by atoms with van der Waals surface area (Å²) in [5, 5.41) is 11.3. The van der Waals surface area contributed by atoms with Crippen LogP contribution < -0.4 is 9.64 Å². The van der Waals surface area contributed by atoms with Crippen LogP contribution in [0.3, 0.4) is 0 Å². The topological polar surface area (TPSA) is 95.9 Å². The lowest BCUT2D eigenvalue weighted by Crippen LogP contribution is -2.61. The lowest BCUT2D eigenvalue weighted by Gasteiger charge is -2.48. The third-order valence-electron chi connectivity index (χ3n) is 14.4. The Morgan fingerprint density at radius 3 is 1.51 bits per heavy atom. The van der Waals surface area contributed by atoms with Crippen LogP contribution >= 0.6 is 0 Å². The number of ether oxygens (including phenoxy) is 6. The molecule has 0 aliphatic carbocycles. The molecule has 8 atom stereocenters. The number of nitrogens with zero attached hydrogens (tertiary/aromatic N) is 1. The summed E-state index contributed by atoms with van der Waals surface area (Å²) >= 11 is 0. The highest BCUT2D eigenvalue weighted by molar-refractivity contribution is 6.03. The van der Waals surface area contributed by atoms with E-state index in [2.05, 4.69) is 0 Å². The van der Waals surface area contributed by atoms with Crippen LogP contribution in [-0.4, -0.2) is 48.1 Å². The van der Waals surface area contributed by atoms with E-state index in [0.29, 0.717) is 49.7 Å². The minimum Gasteiger partial charge on any atom is -0.489 e. The van der Waals surface area contributed by atoms with Crippen molar-refractivity contribution >= 4 is 11.6 Å². The summed E-state index contributed by atoms with van der Waals surface area (Å²) in [5.41, 5.74) is 7.70. The molecule has 0 saturated carbocycles. The summed E-state index contributed by atoms with van der Waals surface area (Å²) in [6.07, 6.45) is -3.06. The number of carbonyl (C=O) groups excluding carboxylic acids is 1. The van der Waals surface area contributed by atoms with Crippen LogP contribution in [0.2, 0.25) is 0 Å². The van der Waals surface area contributed by atoms with Crippen LogP contribution in [0.4, 0.5) is 14.5 Å². The van der Waals surface area contributed by atoms with E-state index in [9.17, 15) is 18.7 Å². The maximum atomic E-state index is 14.4. The van der Waals surface area contributed by atoms with Gasteiger partial charge in [-0.15, -0.1) is 0 Å². The van der Waals surface area contributed by atoms with E-state index in [1.54, 1.807) is 29.2 Å². The summed E-state index contributed by atoms with van der Waals surface area (Å²) in [5.74, 6) is -0.990. The number of aliphatic hydroxyl groups is 1. The second-order valence-electron chi connectivity index (χ2n) is 19.7. The highest BCUT2D eigenvalue weighted by Gasteiger charge is 2.51. The number of aliphatic hydroxyl groups excluding tert-OH is 1. The zero-order chi connectivity index (χ0) is 52.8. The van der Waals surface area contributed by atoms with Gasteiger partial charge in [0, 0.05) is 17.7 Å². The van der Waals surface area contributed by atoms with E-state index < -0.39 is 60.2 Å². The molecule has 10 rings (SSSR count). The Kier molecular flexibility index (Phi) is 18.0. The van der Waals surface area contributed by atoms with Crippen molar-refractivity contribution < 1.29 is 47.1 Å². The number of benzene rings is 8. The van der Waals surface area contributed by atoms with Gasteiger partial charge < -0.3 is 38.4 Å².